The molecule has 2 rings (SSSR count). The molecule has 1 aliphatic rings. The van der Waals surface area contributed by atoms with Gasteiger partial charge in [-0.2, -0.15) is 17.8 Å². The maximum atomic E-state index is 12.2. The first kappa shape index (κ1) is 15.9. The van der Waals surface area contributed by atoms with Crippen molar-refractivity contribution in [1.29, 1.82) is 0 Å². The summed E-state index contributed by atoms with van der Waals surface area (Å²) < 4.78 is 29.6. The second kappa shape index (κ2) is 6.54. The van der Waals surface area contributed by atoms with E-state index in [0.717, 1.165) is 16.4 Å². The van der Waals surface area contributed by atoms with Gasteiger partial charge in [-0.15, -0.1) is 0 Å². The molecular weight excluding hydrogens is 296 g/mol. The number of aliphatic carboxylic acids is 1. The van der Waals surface area contributed by atoms with Gasteiger partial charge in [-0.1, -0.05) is 0 Å². The molecule has 0 spiro atoms. The average Bonchev–Trinajstić information content (AvgIpc) is 2.84. The highest BCUT2D eigenvalue weighted by molar-refractivity contribution is 7.87. The Labute approximate surface area is 123 Å². The number of aryl methyl sites for hydroxylation is 1. The van der Waals surface area contributed by atoms with Gasteiger partial charge in [0.2, 0.25) is 0 Å². The molecule has 2 N–H and O–H groups in total. The van der Waals surface area contributed by atoms with Crippen LogP contribution in [0.15, 0.2) is 12.3 Å². The van der Waals surface area contributed by atoms with E-state index in [1.165, 1.54) is 0 Å². The van der Waals surface area contributed by atoms with Crippen LogP contribution in [-0.4, -0.2) is 52.7 Å². The number of nitrogens with zero attached hydrogens (tertiary/aromatic N) is 3. The minimum Gasteiger partial charge on any atom is -0.480 e. The minimum absolute atomic E-state index is 0.197. The Balaban J connectivity index is 1.95. The van der Waals surface area contributed by atoms with Crippen LogP contribution in [0.3, 0.4) is 0 Å². The summed E-state index contributed by atoms with van der Waals surface area (Å²) in [6.45, 7) is 0.443. The lowest BCUT2D eigenvalue weighted by molar-refractivity contribution is -0.142. The monoisotopic (exact) mass is 316 g/mol. The molecule has 1 unspecified atom stereocenters. The second-order valence-corrected chi connectivity index (χ2v) is 6.80. The number of rotatable bonds is 6. The van der Waals surface area contributed by atoms with Crippen molar-refractivity contribution in [2.45, 2.75) is 31.7 Å². The van der Waals surface area contributed by atoms with Gasteiger partial charge in [0.25, 0.3) is 10.2 Å². The number of carboxylic acid groups (broad SMARTS) is 1. The van der Waals surface area contributed by atoms with Crippen molar-refractivity contribution in [3.63, 3.8) is 0 Å². The second-order valence-electron chi connectivity index (χ2n) is 5.09. The largest absolute Gasteiger partial charge is 0.480 e. The Kier molecular flexibility index (Phi) is 4.96. The van der Waals surface area contributed by atoms with E-state index >= 15 is 0 Å². The zero-order valence-electron chi connectivity index (χ0n) is 11.9. The number of aromatic nitrogens is 2. The van der Waals surface area contributed by atoms with Gasteiger partial charge in [0.15, 0.2) is 0 Å². The first-order chi connectivity index (χ1) is 9.90. The summed E-state index contributed by atoms with van der Waals surface area (Å²) in [5.41, 5.74) is 0.786. The first-order valence-corrected chi connectivity index (χ1v) is 8.32. The molecule has 9 heteroatoms. The van der Waals surface area contributed by atoms with E-state index in [1.54, 1.807) is 17.9 Å². The molecular formula is C12H20N4O4S. The first-order valence-electron chi connectivity index (χ1n) is 6.88. The van der Waals surface area contributed by atoms with E-state index in [-0.39, 0.29) is 13.1 Å². The van der Waals surface area contributed by atoms with Crippen molar-refractivity contribution >= 4 is 16.2 Å². The van der Waals surface area contributed by atoms with Gasteiger partial charge in [0.1, 0.15) is 6.04 Å². The van der Waals surface area contributed by atoms with Crippen LogP contribution in [0.4, 0.5) is 0 Å². The van der Waals surface area contributed by atoms with E-state index < -0.39 is 22.2 Å². The number of carboxylic acids is 1. The quantitative estimate of drug-likeness (QED) is 0.752. The topological polar surface area (TPSA) is 105 Å². The third-order valence-corrected chi connectivity index (χ3v) is 5.11. The molecule has 1 saturated heterocycles. The molecule has 118 valence electrons. The highest BCUT2D eigenvalue weighted by Gasteiger charge is 2.36. The normalized spacial score (nSPS) is 20.5. The average molecular weight is 316 g/mol. The summed E-state index contributed by atoms with van der Waals surface area (Å²) >= 11 is 0. The number of hydrogen-bond donors (Lipinski definition) is 2. The zero-order valence-corrected chi connectivity index (χ0v) is 12.7. The summed E-state index contributed by atoms with van der Waals surface area (Å²) in [6.07, 6.45) is 4.03. The zero-order chi connectivity index (χ0) is 15.5. The van der Waals surface area contributed by atoms with Crippen LogP contribution in [0.1, 0.15) is 25.0 Å². The molecule has 21 heavy (non-hydrogen) atoms. The SMILES string of the molecule is Cn1ccc(CCNS(=O)(=O)N2CCCCC2C(=O)O)n1. The fourth-order valence-electron chi connectivity index (χ4n) is 2.43. The predicted octanol–water partition coefficient (Wildman–Crippen LogP) is -0.264. The van der Waals surface area contributed by atoms with E-state index in [2.05, 4.69) is 9.82 Å². The predicted molar refractivity (Wildman–Crippen MR) is 75.8 cm³/mol. The number of nitrogens with one attached hydrogen (secondary N) is 1. The Morgan fingerprint density at radius 1 is 1.52 bits per heavy atom. The fraction of sp³-hybridized carbons (Fsp3) is 0.667. The fourth-order valence-corrected chi connectivity index (χ4v) is 3.85. The van der Waals surface area contributed by atoms with Crippen molar-refractivity contribution in [3.8, 4) is 0 Å². The van der Waals surface area contributed by atoms with E-state index in [4.69, 9.17) is 5.11 Å². The van der Waals surface area contributed by atoms with Gasteiger partial charge in [0, 0.05) is 32.8 Å². The van der Waals surface area contributed by atoms with Crippen LogP contribution in [-0.2, 0) is 28.5 Å². The maximum absolute atomic E-state index is 12.2. The van der Waals surface area contributed by atoms with Crippen molar-refractivity contribution < 1.29 is 18.3 Å². The molecule has 1 aromatic rings. The van der Waals surface area contributed by atoms with Gasteiger partial charge >= 0.3 is 5.97 Å². The molecule has 1 aromatic heterocycles. The lowest BCUT2D eigenvalue weighted by Gasteiger charge is -2.31. The van der Waals surface area contributed by atoms with Crippen LogP contribution in [0.25, 0.3) is 0 Å². The van der Waals surface area contributed by atoms with Crippen molar-refractivity contribution in [2.75, 3.05) is 13.1 Å². The van der Waals surface area contributed by atoms with Crippen LogP contribution in [0.2, 0.25) is 0 Å². The summed E-state index contributed by atoms with van der Waals surface area (Å²) in [4.78, 5) is 11.2. The molecule has 8 nitrogen and oxygen atoms in total. The molecule has 1 fully saturated rings. The number of carbonyl (C=O) groups is 1. The van der Waals surface area contributed by atoms with Crippen LogP contribution >= 0.6 is 0 Å². The molecule has 1 aliphatic heterocycles. The third kappa shape index (κ3) is 4.02. The smallest absolute Gasteiger partial charge is 0.322 e. The van der Waals surface area contributed by atoms with Gasteiger partial charge in [-0.05, 0) is 25.3 Å². The molecule has 0 amide bonds. The molecule has 0 radical (unpaired) electrons. The third-order valence-electron chi connectivity index (χ3n) is 3.48. The van der Waals surface area contributed by atoms with Crippen LogP contribution in [0.5, 0.6) is 0 Å². The molecule has 0 aromatic carbocycles. The maximum Gasteiger partial charge on any atom is 0.322 e. The molecule has 0 bridgehead atoms. The Bertz CT molecular complexity index is 598. The molecule has 2 heterocycles. The Morgan fingerprint density at radius 3 is 2.90 bits per heavy atom. The van der Waals surface area contributed by atoms with Crippen molar-refractivity contribution in [3.05, 3.63) is 18.0 Å². The number of hydrogen-bond acceptors (Lipinski definition) is 4. The lowest BCUT2D eigenvalue weighted by atomic mass is 10.1. The molecule has 0 aliphatic carbocycles. The standard InChI is InChI=1S/C12H20N4O4S/c1-15-9-6-10(14-15)5-7-13-21(19,20)16-8-3-2-4-11(16)12(17)18/h6,9,11,13H,2-5,7-8H2,1H3,(H,17,18). The summed E-state index contributed by atoms with van der Waals surface area (Å²) in [5.74, 6) is -1.09. The molecule has 1 atom stereocenters. The molecule has 0 saturated carbocycles. The Morgan fingerprint density at radius 2 is 2.29 bits per heavy atom. The minimum atomic E-state index is -3.77. The van der Waals surface area contributed by atoms with Crippen LogP contribution < -0.4 is 4.72 Å². The summed E-state index contributed by atoms with van der Waals surface area (Å²) in [5, 5.41) is 13.3. The highest BCUT2D eigenvalue weighted by atomic mass is 32.2. The highest BCUT2D eigenvalue weighted by Crippen LogP contribution is 2.19. The summed E-state index contributed by atoms with van der Waals surface area (Å²) in [6, 6.07) is 0.848. The van der Waals surface area contributed by atoms with Gasteiger partial charge in [-0.3, -0.25) is 9.48 Å². The summed E-state index contributed by atoms with van der Waals surface area (Å²) in [7, 11) is -1.98. The lowest BCUT2D eigenvalue weighted by Crippen LogP contribution is -2.52. The van der Waals surface area contributed by atoms with Crippen LogP contribution in [0, 0.1) is 0 Å². The number of piperidine rings is 1. The van der Waals surface area contributed by atoms with Crippen molar-refractivity contribution in [2.24, 2.45) is 7.05 Å². The van der Waals surface area contributed by atoms with Gasteiger partial charge in [0.05, 0.1) is 5.69 Å². The van der Waals surface area contributed by atoms with E-state index in [9.17, 15) is 13.2 Å². The van der Waals surface area contributed by atoms with E-state index in [0.29, 0.717) is 19.3 Å². The van der Waals surface area contributed by atoms with Crippen molar-refractivity contribution in [1.82, 2.24) is 18.8 Å². The Hall–Kier alpha value is -1.45. The van der Waals surface area contributed by atoms with E-state index in [1.807, 2.05) is 6.07 Å². The van der Waals surface area contributed by atoms with Gasteiger partial charge < -0.3 is 5.11 Å². The van der Waals surface area contributed by atoms with Gasteiger partial charge in [-0.25, -0.2) is 4.72 Å².